The van der Waals surface area contributed by atoms with Crippen molar-refractivity contribution in [1.82, 2.24) is 5.32 Å². The summed E-state index contributed by atoms with van der Waals surface area (Å²) in [5, 5.41) is 3.00. The van der Waals surface area contributed by atoms with Gasteiger partial charge in [-0.05, 0) is 24.8 Å². The molecule has 0 unspecified atom stereocenters. The topological polar surface area (TPSA) is 38.3 Å². The standard InChI is InChI=1S/C16H23NO2/c1-19-15-10-6-5-9-14(15)12-17-16(18)11-13-7-3-2-4-8-13/h5-6,9-10,13H,2-4,7-8,11-12H2,1H3,(H,17,18). The number of methoxy groups -OCH3 is 1. The number of para-hydroxylation sites is 1. The smallest absolute Gasteiger partial charge is 0.220 e. The number of hydrogen-bond donors (Lipinski definition) is 1. The highest BCUT2D eigenvalue weighted by atomic mass is 16.5. The summed E-state index contributed by atoms with van der Waals surface area (Å²) in [6, 6.07) is 7.81. The summed E-state index contributed by atoms with van der Waals surface area (Å²) in [5.74, 6) is 1.59. The van der Waals surface area contributed by atoms with E-state index in [0.29, 0.717) is 18.9 Å². The van der Waals surface area contributed by atoms with Crippen LogP contribution in [-0.4, -0.2) is 13.0 Å². The Balaban J connectivity index is 1.79. The Labute approximate surface area is 115 Å². The first-order chi connectivity index (χ1) is 9.29. The molecule has 1 amide bonds. The van der Waals surface area contributed by atoms with E-state index < -0.39 is 0 Å². The molecule has 1 N–H and O–H groups in total. The van der Waals surface area contributed by atoms with Crippen molar-refractivity contribution in [2.45, 2.75) is 45.1 Å². The molecule has 3 nitrogen and oxygen atoms in total. The van der Waals surface area contributed by atoms with Crippen molar-refractivity contribution in [3.8, 4) is 5.75 Å². The van der Waals surface area contributed by atoms with Crippen molar-refractivity contribution in [2.24, 2.45) is 5.92 Å². The highest BCUT2D eigenvalue weighted by Crippen LogP contribution is 2.26. The van der Waals surface area contributed by atoms with E-state index in [9.17, 15) is 4.79 Å². The SMILES string of the molecule is COc1ccccc1CNC(=O)CC1CCCCC1. The number of rotatable bonds is 5. The monoisotopic (exact) mass is 261 g/mol. The van der Waals surface area contributed by atoms with Gasteiger partial charge in [-0.2, -0.15) is 0 Å². The minimum absolute atomic E-state index is 0.165. The lowest BCUT2D eigenvalue weighted by molar-refractivity contribution is -0.122. The van der Waals surface area contributed by atoms with Crippen molar-refractivity contribution < 1.29 is 9.53 Å². The molecular weight excluding hydrogens is 238 g/mol. The van der Waals surface area contributed by atoms with E-state index in [1.54, 1.807) is 7.11 Å². The fourth-order valence-electron chi connectivity index (χ4n) is 2.77. The molecule has 1 fully saturated rings. The van der Waals surface area contributed by atoms with E-state index >= 15 is 0 Å². The quantitative estimate of drug-likeness (QED) is 0.883. The molecule has 0 aromatic heterocycles. The lowest BCUT2D eigenvalue weighted by Gasteiger charge is -2.20. The first kappa shape index (κ1) is 13.9. The molecule has 1 aromatic carbocycles. The predicted molar refractivity (Wildman–Crippen MR) is 76.0 cm³/mol. The molecule has 0 radical (unpaired) electrons. The second-order valence-corrected chi connectivity index (χ2v) is 5.30. The van der Waals surface area contributed by atoms with E-state index in [2.05, 4.69) is 5.32 Å². The molecule has 0 atom stereocenters. The highest BCUT2D eigenvalue weighted by Gasteiger charge is 2.16. The lowest BCUT2D eigenvalue weighted by Crippen LogP contribution is -2.26. The number of ether oxygens (including phenoxy) is 1. The number of carbonyl (C=O) groups excluding carboxylic acids is 1. The van der Waals surface area contributed by atoms with Gasteiger partial charge in [-0.15, -0.1) is 0 Å². The molecule has 0 aliphatic heterocycles. The molecule has 1 aromatic rings. The second-order valence-electron chi connectivity index (χ2n) is 5.30. The molecular formula is C16H23NO2. The van der Waals surface area contributed by atoms with E-state index in [-0.39, 0.29) is 5.91 Å². The van der Waals surface area contributed by atoms with E-state index in [0.717, 1.165) is 11.3 Å². The van der Waals surface area contributed by atoms with Gasteiger partial charge < -0.3 is 10.1 Å². The van der Waals surface area contributed by atoms with Crippen LogP contribution in [0.2, 0.25) is 0 Å². The Hall–Kier alpha value is -1.51. The summed E-state index contributed by atoms with van der Waals surface area (Å²) in [7, 11) is 1.66. The van der Waals surface area contributed by atoms with Gasteiger partial charge in [0.1, 0.15) is 5.75 Å². The summed E-state index contributed by atoms with van der Waals surface area (Å²) in [6.45, 7) is 0.551. The van der Waals surface area contributed by atoms with Gasteiger partial charge in [-0.1, -0.05) is 37.5 Å². The van der Waals surface area contributed by atoms with Gasteiger partial charge in [-0.25, -0.2) is 0 Å². The molecule has 19 heavy (non-hydrogen) atoms. The third-order valence-corrected chi connectivity index (χ3v) is 3.87. The van der Waals surface area contributed by atoms with Crippen LogP contribution in [0.25, 0.3) is 0 Å². The van der Waals surface area contributed by atoms with Gasteiger partial charge in [0.25, 0.3) is 0 Å². The maximum atomic E-state index is 11.9. The van der Waals surface area contributed by atoms with Crippen LogP contribution in [0, 0.1) is 5.92 Å². The van der Waals surface area contributed by atoms with Crippen LogP contribution >= 0.6 is 0 Å². The van der Waals surface area contributed by atoms with E-state index in [1.165, 1.54) is 32.1 Å². The van der Waals surface area contributed by atoms with Crippen molar-refractivity contribution in [2.75, 3.05) is 7.11 Å². The molecule has 104 valence electrons. The number of amides is 1. The van der Waals surface area contributed by atoms with Gasteiger partial charge in [0, 0.05) is 18.5 Å². The van der Waals surface area contributed by atoms with Gasteiger partial charge in [0.2, 0.25) is 5.91 Å². The van der Waals surface area contributed by atoms with E-state index in [1.807, 2.05) is 24.3 Å². The normalized spacial score (nSPS) is 16.1. The molecule has 0 bridgehead atoms. The summed E-state index contributed by atoms with van der Waals surface area (Å²) < 4.78 is 5.28. The maximum Gasteiger partial charge on any atom is 0.220 e. The molecule has 2 rings (SSSR count). The van der Waals surface area contributed by atoms with Crippen molar-refractivity contribution in [1.29, 1.82) is 0 Å². The van der Waals surface area contributed by atoms with Crippen LogP contribution in [0.5, 0.6) is 5.75 Å². The molecule has 1 aliphatic carbocycles. The second kappa shape index (κ2) is 7.17. The maximum absolute atomic E-state index is 11.9. The number of nitrogens with one attached hydrogen (secondary N) is 1. The van der Waals surface area contributed by atoms with Crippen LogP contribution in [0.15, 0.2) is 24.3 Å². The third kappa shape index (κ3) is 4.27. The van der Waals surface area contributed by atoms with Crippen LogP contribution in [0.1, 0.15) is 44.1 Å². The summed E-state index contributed by atoms with van der Waals surface area (Å²) in [6.07, 6.45) is 6.99. The Kier molecular flexibility index (Phi) is 5.25. The first-order valence-electron chi connectivity index (χ1n) is 7.18. The molecule has 3 heteroatoms. The van der Waals surface area contributed by atoms with Gasteiger partial charge in [0.05, 0.1) is 7.11 Å². The fraction of sp³-hybridized carbons (Fsp3) is 0.562. The van der Waals surface area contributed by atoms with Crippen LogP contribution < -0.4 is 10.1 Å². The Morgan fingerprint density at radius 3 is 2.74 bits per heavy atom. The van der Waals surface area contributed by atoms with E-state index in [4.69, 9.17) is 4.74 Å². The molecule has 0 heterocycles. The zero-order valence-corrected chi connectivity index (χ0v) is 11.7. The van der Waals surface area contributed by atoms with Crippen LogP contribution in [0.4, 0.5) is 0 Å². The number of hydrogen-bond acceptors (Lipinski definition) is 2. The van der Waals surface area contributed by atoms with Gasteiger partial charge in [-0.3, -0.25) is 4.79 Å². The van der Waals surface area contributed by atoms with Gasteiger partial charge >= 0.3 is 0 Å². The summed E-state index contributed by atoms with van der Waals surface area (Å²) in [5.41, 5.74) is 1.03. The minimum Gasteiger partial charge on any atom is -0.496 e. The minimum atomic E-state index is 0.165. The number of benzene rings is 1. The third-order valence-electron chi connectivity index (χ3n) is 3.87. The Morgan fingerprint density at radius 1 is 1.26 bits per heavy atom. The predicted octanol–water partition coefficient (Wildman–Crippen LogP) is 3.28. The average molecular weight is 261 g/mol. The molecule has 0 spiro atoms. The van der Waals surface area contributed by atoms with Crippen LogP contribution in [0.3, 0.4) is 0 Å². The Bertz CT molecular complexity index is 411. The zero-order valence-electron chi connectivity index (χ0n) is 11.7. The Morgan fingerprint density at radius 2 is 2.00 bits per heavy atom. The van der Waals surface area contributed by atoms with Crippen molar-refractivity contribution in [3.63, 3.8) is 0 Å². The number of carbonyl (C=O) groups is 1. The van der Waals surface area contributed by atoms with Crippen LogP contribution in [-0.2, 0) is 11.3 Å². The van der Waals surface area contributed by atoms with Crippen molar-refractivity contribution >= 4 is 5.91 Å². The summed E-state index contributed by atoms with van der Waals surface area (Å²) in [4.78, 5) is 11.9. The average Bonchev–Trinajstić information content (AvgIpc) is 2.46. The van der Waals surface area contributed by atoms with Gasteiger partial charge in [0.15, 0.2) is 0 Å². The lowest BCUT2D eigenvalue weighted by atomic mass is 9.87. The molecule has 1 saturated carbocycles. The largest absolute Gasteiger partial charge is 0.496 e. The fourth-order valence-corrected chi connectivity index (χ4v) is 2.77. The summed E-state index contributed by atoms with van der Waals surface area (Å²) >= 11 is 0. The zero-order chi connectivity index (χ0) is 13.5. The molecule has 0 saturated heterocycles. The highest BCUT2D eigenvalue weighted by molar-refractivity contribution is 5.76. The molecule has 1 aliphatic rings. The first-order valence-corrected chi connectivity index (χ1v) is 7.18. The van der Waals surface area contributed by atoms with Crippen molar-refractivity contribution in [3.05, 3.63) is 29.8 Å².